The molecule has 0 saturated heterocycles. The lowest BCUT2D eigenvalue weighted by Crippen LogP contribution is -2.56. The predicted molar refractivity (Wildman–Crippen MR) is 143 cm³/mol. The summed E-state index contributed by atoms with van der Waals surface area (Å²) in [5, 5.41) is 23.4. The summed E-state index contributed by atoms with van der Waals surface area (Å²) in [7, 11) is 0. The second-order valence-electron chi connectivity index (χ2n) is 12.9. The third-order valence-corrected chi connectivity index (χ3v) is 9.98. The van der Waals surface area contributed by atoms with E-state index in [1.54, 1.807) is 0 Å². The van der Waals surface area contributed by atoms with Crippen molar-refractivity contribution in [2.45, 2.75) is 117 Å². The van der Waals surface area contributed by atoms with Gasteiger partial charge >= 0.3 is 5.97 Å². The minimum Gasteiger partial charge on any atom is -0.459 e. The highest BCUT2D eigenvalue weighted by Crippen LogP contribution is 2.61. The van der Waals surface area contributed by atoms with Gasteiger partial charge in [-0.2, -0.15) is 0 Å². The third-order valence-electron chi connectivity index (χ3n) is 9.98. The van der Waals surface area contributed by atoms with E-state index < -0.39 is 17.3 Å². The van der Waals surface area contributed by atoms with Crippen LogP contribution in [0.5, 0.6) is 0 Å². The molecule has 4 nitrogen and oxygen atoms in total. The van der Waals surface area contributed by atoms with Crippen molar-refractivity contribution >= 4 is 5.97 Å². The van der Waals surface area contributed by atoms with Crippen molar-refractivity contribution < 1.29 is 19.7 Å². The van der Waals surface area contributed by atoms with Gasteiger partial charge < -0.3 is 14.9 Å². The van der Waals surface area contributed by atoms with E-state index in [1.165, 1.54) is 6.92 Å². The summed E-state index contributed by atoms with van der Waals surface area (Å²) in [4.78, 5) is 11.5. The Morgan fingerprint density at radius 1 is 1.20 bits per heavy atom. The van der Waals surface area contributed by atoms with Crippen LogP contribution in [0.3, 0.4) is 0 Å². The van der Waals surface area contributed by atoms with Gasteiger partial charge in [0.25, 0.3) is 0 Å². The molecule has 0 spiro atoms. The molecule has 0 heterocycles. The van der Waals surface area contributed by atoms with Gasteiger partial charge in [-0.1, -0.05) is 52.0 Å². The summed E-state index contributed by atoms with van der Waals surface area (Å²) in [6.45, 7) is 18.6. The molecule has 0 amide bonds. The molecule has 198 valence electrons. The Morgan fingerprint density at radius 2 is 1.89 bits per heavy atom. The Kier molecular flexibility index (Phi) is 8.49. The Hall–Kier alpha value is -1.39. The lowest BCUT2D eigenvalue weighted by atomic mass is 9.56. The second kappa shape index (κ2) is 10.5. The molecular formula is C31H50O4. The molecule has 2 N–H and O–H groups in total. The van der Waals surface area contributed by atoms with Crippen LogP contribution in [-0.4, -0.2) is 33.5 Å². The van der Waals surface area contributed by atoms with Gasteiger partial charge in [0.15, 0.2) is 0 Å². The number of carbonyl (C=O) groups is 1. The molecule has 8 atom stereocenters. The topological polar surface area (TPSA) is 66.8 Å². The van der Waals surface area contributed by atoms with E-state index in [2.05, 4.69) is 46.4 Å². The van der Waals surface area contributed by atoms with Gasteiger partial charge in [0.1, 0.15) is 11.7 Å². The molecule has 0 bridgehead atoms. The van der Waals surface area contributed by atoms with Crippen molar-refractivity contribution in [3.8, 4) is 0 Å². The van der Waals surface area contributed by atoms with Crippen molar-refractivity contribution in [1.82, 2.24) is 0 Å². The van der Waals surface area contributed by atoms with Crippen LogP contribution in [0.1, 0.15) is 99.8 Å². The van der Waals surface area contributed by atoms with E-state index in [-0.39, 0.29) is 23.2 Å². The number of hydrogen-bond acceptors (Lipinski definition) is 4. The first-order chi connectivity index (χ1) is 16.2. The van der Waals surface area contributed by atoms with E-state index in [0.717, 1.165) is 56.1 Å². The molecule has 0 aromatic heterocycles. The lowest BCUT2D eigenvalue weighted by Gasteiger charge is -2.52. The SMILES string of the molecule is C=C1CC[C@H](C)C/C1=C/C(O)C1(O)CCC[C@]2(C)[C@@H]([C@H](C)/C=C/[C@H](C)C(C)(C)OC(C)=O)CC[C@@H]12. The smallest absolute Gasteiger partial charge is 0.303 e. The van der Waals surface area contributed by atoms with Gasteiger partial charge in [-0.15, -0.1) is 0 Å². The van der Waals surface area contributed by atoms with Gasteiger partial charge in [-0.25, -0.2) is 0 Å². The Balaban J connectivity index is 1.77. The lowest BCUT2D eigenvalue weighted by molar-refractivity contribution is -0.156. The number of ether oxygens (including phenoxy) is 1. The standard InChI is InChI=1S/C31H50O4/c1-20-10-11-21(2)25(18-20)19-28(33)31(34)17-9-16-30(8)26(14-15-27(30)31)22(3)12-13-23(4)29(6,7)35-24(5)32/h12-13,19-20,22-23,26-28,33-34H,2,9-11,14-18H2,1,3-8H3/b13-12+,25-19-/t20-,22+,23-,26+,27+,28?,30+,31?/m0/s1. The van der Waals surface area contributed by atoms with Gasteiger partial charge in [0.2, 0.25) is 0 Å². The largest absolute Gasteiger partial charge is 0.459 e. The van der Waals surface area contributed by atoms with Crippen LogP contribution in [0.25, 0.3) is 0 Å². The summed E-state index contributed by atoms with van der Waals surface area (Å²) in [5.41, 5.74) is 0.629. The van der Waals surface area contributed by atoms with Crippen LogP contribution in [0.15, 0.2) is 36.0 Å². The number of esters is 1. The van der Waals surface area contributed by atoms with Crippen LogP contribution in [0.4, 0.5) is 0 Å². The molecule has 3 saturated carbocycles. The summed E-state index contributed by atoms with van der Waals surface area (Å²) < 4.78 is 5.53. The van der Waals surface area contributed by atoms with Gasteiger partial charge in [0.05, 0.1) is 5.60 Å². The maximum Gasteiger partial charge on any atom is 0.303 e. The van der Waals surface area contributed by atoms with E-state index in [4.69, 9.17) is 4.74 Å². The average Bonchev–Trinajstić information content (AvgIpc) is 3.12. The molecule has 0 aromatic rings. The van der Waals surface area contributed by atoms with Crippen molar-refractivity contribution in [3.63, 3.8) is 0 Å². The molecule has 2 unspecified atom stereocenters. The highest BCUT2D eigenvalue weighted by molar-refractivity contribution is 5.66. The number of rotatable bonds is 7. The van der Waals surface area contributed by atoms with E-state index in [9.17, 15) is 15.0 Å². The molecule has 3 fully saturated rings. The normalized spacial score (nSPS) is 37.8. The van der Waals surface area contributed by atoms with Gasteiger partial charge in [-0.05, 0) is 106 Å². The first-order valence-electron chi connectivity index (χ1n) is 13.9. The minimum atomic E-state index is -1.08. The number of fused-ring (bicyclic) bond motifs is 1. The monoisotopic (exact) mass is 486 g/mol. The van der Waals surface area contributed by atoms with Gasteiger partial charge in [-0.3, -0.25) is 4.79 Å². The fourth-order valence-electron chi connectivity index (χ4n) is 7.48. The van der Waals surface area contributed by atoms with Gasteiger partial charge in [0, 0.05) is 12.8 Å². The molecule has 3 aliphatic rings. The molecular weight excluding hydrogens is 436 g/mol. The maximum absolute atomic E-state index is 12.0. The Labute approximate surface area is 213 Å². The molecule has 0 aliphatic heterocycles. The van der Waals surface area contributed by atoms with E-state index >= 15 is 0 Å². The number of aliphatic hydroxyl groups excluding tert-OH is 1. The third kappa shape index (κ3) is 5.80. The van der Waals surface area contributed by atoms with Crippen LogP contribution >= 0.6 is 0 Å². The predicted octanol–water partition coefficient (Wildman–Crippen LogP) is 6.77. The van der Waals surface area contributed by atoms with Crippen LogP contribution < -0.4 is 0 Å². The molecule has 3 rings (SSSR count). The molecule has 0 radical (unpaired) electrons. The second-order valence-corrected chi connectivity index (χ2v) is 12.9. The first kappa shape index (κ1) is 28.2. The number of allylic oxidation sites excluding steroid dienone is 3. The van der Waals surface area contributed by atoms with Crippen LogP contribution in [-0.2, 0) is 9.53 Å². The Bertz CT molecular complexity index is 854. The Morgan fingerprint density at radius 3 is 2.54 bits per heavy atom. The highest BCUT2D eigenvalue weighted by Gasteiger charge is 2.59. The summed E-state index contributed by atoms with van der Waals surface area (Å²) in [6, 6.07) is 0. The first-order valence-corrected chi connectivity index (χ1v) is 13.9. The summed E-state index contributed by atoms with van der Waals surface area (Å²) in [6.07, 6.45) is 13.3. The number of carbonyl (C=O) groups excluding carboxylic acids is 1. The van der Waals surface area contributed by atoms with Crippen molar-refractivity contribution in [2.75, 3.05) is 0 Å². The minimum absolute atomic E-state index is 0.0122. The zero-order valence-corrected chi connectivity index (χ0v) is 23.3. The van der Waals surface area contributed by atoms with E-state index in [0.29, 0.717) is 24.2 Å². The quantitative estimate of drug-likeness (QED) is 0.308. The molecule has 4 heteroatoms. The zero-order chi connectivity index (χ0) is 26.2. The number of aliphatic hydroxyl groups is 2. The summed E-state index contributed by atoms with van der Waals surface area (Å²) in [5.74, 6) is 1.32. The zero-order valence-electron chi connectivity index (χ0n) is 23.3. The van der Waals surface area contributed by atoms with Crippen molar-refractivity contribution in [3.05, 3.63) is 36.0 Å². The molecule has 35 heavy (non-hydrogen) atoms. The van der Waals surface area contributed by atoms with E-state index in [1.807, 2.05) is 19.9 Å². The van der Waals surface area contributed by atoms with Crippen LogP contribution in [0, 0.1) is 35.0 Å². The molecule has 0 aromatic carbocycles. The average molecular weight is 487 g/mol. The van der Waals surface area contributed by atoms with Crippen molar-refractivity contribution in [1.29, 1.82) is 0 Å². The molecule has 3 aliphatic carbocycles. The fourth-order valence-corrected chi connectivity index (χ4v) is 7.48. The maximum atomic E-state index is 12.0. The van der Waals surface area contributed by atoms with Crippen LogP contribution in [0.2, 0.25) is 0 Å². The fraction of sp³-hybridized carbons (Fsp3) is 0.774. The highest BCUT2D eigenvalue weighted by atomic mass is 16.6. The summed E-state index contributed by atoms with van der Waals surface area (Å²) >= 11 is 0. The number of hydrogen-bond donors (Lipinski definition) is 2. The van der Waals surface area contributed by atoms with Crippen molar-refractivity contribution in [2.24, 2.45) is 35.0 Å².